The Morgan fingerprint density at radius 2 is 1.92 bits per heavy atom. The SMILES string of the molecule is C/C=C(\CF)CNC(=O)C(C(=O)NC(C)CC)=C(O)C1CCCC1. The first-order valence-electron chi connectivity index (χ1n) is 8.66. The number of amides is 2. The Morgan fingerprint density at radius 1 is 1.29 bits per heavy atom. The van der Waals surface area contributed by atoms with Crippen molar-refractivity contribution in [2.45, 2.75) is 58.9 Å². The van der Waals surface area contributed by atoms with E-state index < -0.39 is 18.5 Å². The van der Waals surface area contributed by atoms with Crippen LogP contribution in [0.25, 0.3) is 0 Å². The normalized spacial score (nSPS) is 18.1. The van der Waals surface area contributed by atoms with Crippen molar-refractivity contribution in [1.29, 1.82) is 0 Å². The molecule has 0 aromatic carbocycles. The minimum Gasteiger partial charge on any atom is -0.511 e. The molecule has 1 saturated carbocycles. The highest BCUT2D eigenvalue weighted by Gasteiger charge is 2.30. The molecule has 0 aliphatic heterocycles. The molecule has 3 N–H and O–H groups in total. The standard InChI is InChI=1S/C18H29FN2O3/c1-4-12(3)21-18(24)15(16(22)14-8-6-7-9-14)17(23)20-11-13(5-2)10-19/h5,12,14,22H,4,6-11H2,1-3H3,(H,20,23)(H,21,24)/b13-5+,16-15?. The van der Waals surface area contributed by atoms with Crippen LogP contribution < -0.4 is 10.6 Å². The quantitative estimate of drug-likeness (QED) is 0.209. The van der Waals surface area contributed by atoms with E-state index in [1.807, 2.05) is 13.8 Å². The molecule has 0 bridgehead atoms. The van der Waals surface area contributed by atoms with E-state index in [1.54, 1.807) is 13.0 Å². The van der Waals surface area contributed by atoms with Crippen molar-refractivity contribution in [3.63, 3.8) is 0 Å². The van der Waals surface area contributed by atoms with Gasteiger partial charge in [0.25, 0.3) is 11.8 Å². The summed E-state index contributed by atoms with van der Waals surface area (Å²) in [7, 11) is 0. The third-order valence-corrected chi connectivity index (χ3v) is 4.50. The lowest BCUT2D eigenvalue weighted by Crippen LogP contribution is -2.40. The van der Waals surface area contributed by atoms with E-state index in [2.05, 4.69) is 10.6 Å². The van der Waals surface area contributed by atoms with Gasteiger partial charge in [-0.05, 0) is 38.7 Å². The van der Waals surface area contributed by atoms with E-state index in [9.17, 15) is 19.1 Å². The summed E-state index contributed by atoms with van der Waals surface area (Å²) in [6.45, 7) is 4.79. The minimum absolute atomic E-state index is 0.0177. The smallest absolute Gasteiger partial charge is 0.260 e. The molecule has 0 radical (unpaired) electrons. The number of aliphatic hydroxyl groups excluding tert-OH is 1. The van der Waals surface area contributed by atoms with Crippen molar-refractivity contribution in [2.75, 3.05) is 13.2 Å². The highest BCUT2D eigenvalue weighted by Crippen LogP contribution is 2.31. The Morgan fingerprint density at radius 3 is 2.42 bits per heavy atom. The molecule has 1 aliphatic rings. The zero-order valence-electron chi connectivity index (χ0n) is 14.8. The van der Waals surface area contributed by atoms with Gasteiger partial charge >= 0.3 is 0 Å². The van der Waals surface area contributed by atoms with Gasteiger partial charge in [-0.3, -0.25) is 9.59 Å². The first-order chi connectivity index (χ1) is 11.4. The molecule has 1 rings (SSSR count). The lowest BCUT2D eigenvalue weighted by atomic mass is 9.99. The number of rotatable bonds is 8. The fraction of sp³-hybridized carbons (Fsp3) is 0.667. The van der Waals surface area contributed by atoms with Gasteiger partial charge in [-0.25, -0.2) is 4.39 Å². The van der Waals surface area contributed by atoms with E-state index in [4.69, 9.17) is 0 Å². The fourth-order valence-corrected chi connectivity index (χ4v) is 2.65. The van der Waals surface area contributed by atoms with Gasteiger partial charge in [0.05, 0.1) is 0 Å². The van der Waals surface area contributed by atoms with Gasteiger partial charge in [0.2, 0.25) is 0 Å². The summed E-state index contributed by atoms with van der Waals surface area (Å²) in [6, 6.07) is -0.103. The van der Waals surface area contributed by atoms with Crippen LogP contribution in [-0.4, -0.2) is 36.2 Å². The second-order valence-corrected chi connectivity index (χ2v) is 6.29. The summed E-state index contributed by atoms with van der Waals surface area (Å²) >= 11 is 0. The molecular formula is C18H29FN2O3. The number of hydrogen-bond acceptors (Lipinski definition) is 3. The molecule has 1 aliphatic carbocycles. The molecule has 0 saturated heterocycles. The van der Waals surface area contributed by atoms with E-state index in [0.717, 1.165) is 32.1 Å². The maximum absolute atomic E-state index is 12.7. The molecule has 1 atom stereocenters. The van der Waals surface area contributed by atoms with Crippen molar-refractivity contribution in [3.05, 3.63) is 23.0 Å². The Kier molecular flexibility index (Phi) is 8.50. The molecule has 0 aromatic rings. The van der Waals surface area contributed by atoms with Gasteiger partial charge in [-0.2, -0.15) is 0 Å². The van der Waals surface area contributed by atoms with Crippen LogP contribution in [0.1, 0.15) is 52.9 Å². The lowest BCUT2D eigenvalue weighted by molar-refractivity contribution is -0.124. The number of carbonyl (C=O) groups is 2. The van der Waals surface area contributed by atoms with Crippen molar-refractivity contribution >= 4 is 11.8 Å². The van der Waals surface area contributed by atoms with Crippen LogP contribution in [0.3, 0.4) is 0 Å². The van der Waals surface area contributed by atoms with Gasteiger partial charge in [-0.1, -0.05) is 25.8 Å². The highest BCUT2D eigenvalue weighted by molar-refractivity contribution is 6.19. The molecule has 1 unspecified atom stereocenters. The average Bonchev–Trinajstić information content (AvgIpc) is 3.10. The largest absolute Gasteiger partial charge is 0.511 e. The van der Waals surface area contributed by atoms with E-state index in [1.165, 1.54) is 0 Å². The lowest BCUT2D eigenvalue weighted by Gasteiger charge is -2.17. The van der Waals surface area contributed by atoms with Gasteiger partial charge in [0.1, 0.15) is 18.0 Å². The minimum atomic E-state index is -0.663. The third-order valence-electron chi connectivity index (χ3n) is 4.50. The maximum atomic E-state index is 12.7. The highest BCUT2D eigenvalue weighted by atomic mass is 19.1. The molecule has 24 heavy (non-hydrogen) atoms. The number of hydrogen-bond donors (Lipinski definition) is 3. The molecule has 0 aromatic heterocycles. The molecule has 0 spiro atoms. The molecular weight excluding hydrogens is 311 g/mol. The third kappa shape index (κ3) is 5.65. The molecule has 0 heterocycles. The molecule has 6 heteroatoms. The second kappa shape index (κ2) is 10.1. The predicted octanol–water partition coefficient (Wildman–Crippen LogP) is 2.94. The monoisotopic (exact) mass is 340 g/mol. The number of allylic oxidation sites excluding steroid dienone is 2. The number of alkyl halides is 1. The summed E-state index contributed by atoms with van der Waals surface area (Å²) in [6.07, 6.45) is 5.78. The Hall–Kier alpha value is -1.85. The molecule has 136 valence electrons. The zero-order chi connectivity index (χ0) is 18.1. The topological polar surface area (TPSA) is 78.4 Å². The molecule has 1 fully saturated rings. The van der Waals surface area contributed by atoms with Crippen LogP contribution >= 0.6 is 0 Å². The van der Waals surface area contributed by atoms with Crippen LogP contribution in [0.4, 0.5) is 4.39 Å². The Labute approximate surface area is 143 Å². The summed E-state index contributed by atoms with van der Waals surface area (Å²) in [4.78, 5) is 24.9. The van der Waals surface area contributed by atoms with E-state index in [0.29, 0.717) is 5.57 Å². The second-order valence-electron chi connectivity index (χ2n) is 6.29. The van der Waals surface area contributed by atoms with Crippen molar-refractivity contribution in [2.24, 2.45) is 5.92 Å². The van der Waals surface area contributed by atoms with Gasteiger partial charge in [-0.15, -0.1) is 0 Å². The predicted molar refractivity (Wildman–Crippen MR) is 92.3 cm³/mol. The van der Waals surface area contributed by atoms with Crippen LogP contribution in [0.15, 0.2) is 23.0 Å². The maximum Gasteiger partial charge on any atom is 0.260 e. The van der Waals surface area contributed by atoms with Gasteiger partial charge in [0.15, 0.2) is 0 Å². The first kappa shape index (κ1) is 20.2. The van der Waals surface area contributed by atoms with E-state index >= 15 is 0 Å². The summed E-state index contributed by atoms with van der Waals surface area (Å²) in [5.41, 5.74) is 0.182. The summed E-state index contributed by atoms with van der Waals surface area (Å²) < 4.78 is 12.7. The van der Waals surface area contributed by atoms with Crippen molar-refractivity contribution in [3.8, 4) is 0 Å². The van der Waals surface area contributed by atoms with Crippen LogP contribution in [-0.2, 0) is 9.59 Å². The van der Waals surface area contributed by atoms with Gasteiger partial charge < -0.3 is 15.7 Å². The molecule has 5 nitrogen and oxygen atoms in total. The summed E-state index contributed by atoms with van der Waals surface area (Å²) in [5, 5.41) is 15.7. The average molecular weight is 340 g/mol. The van der Waals surface area contributed by atoms with Crippen LogP contribution in [0.2, 0.25) is 0 Å². The number of carbonyl (C=O) groups excluding carboxylic acids is 2. The zero-order valence-corrected chi connectivity index (χ0v) is 14.8. The molecule has 2 amide bonds. The van der Waals surface area contributed by atoms with Gasteiger partial charge in [0, 0.05) is 18.5 Å². The van der Waals surface area contributed by atoms with Crippen LogP contribution in [0.5, 0.6) is 0 Å². The fourth-order valence-electron chi connectivity index (χ4n) is 2.65. The number of nitrogens with one attached hydrogen (secondary N) is 2. The Balaban J connectivity index is 2.97. The Bertz CT molecular complexity index is 508. The number of halogens is 1. The first-order valence-corrected chi connectivity index (χ1v) is 8.66. The van der Waals surface area contributed by atoms with Crippen LogP contribution in [0, 0.1) is 5.92 Å². The number of aliphatic hydroxyl groups is 1. The summed E-state index contributed by atoms with van der Waals surface area (Å²) in [5.74, 6) is -1.54. The van der Waals surface area contributed by atoms with E-state index in [-0.39, 0.29) is 29.8 Å². The van der Waals surface area contributed by atoms with Crippen molar-refractivity contribution in [1.82, 2.24) is 10.6 Å². The van der Waals surface area contributed by atoms with Crippen molar-refractivity contribution < 1.29 is 19.1 Å².